The van der Waals surface area contributed by atoms with Crippen LogP contribution in [0.15, 0.2) is 48.9 Å². The van der Waals surface area contributed by atoms with E-state index in [0.29, 0.717) is 16.7 Å². The lowest BCUT2D eigenvalue weighted by atomic mass is 10.0. The Kier molecular flexibility index (Phi) is 3.76. The van der Waals surface area contributed by atoms with Gasteiger partial charge in [0.05, 0.1) is 11.6 Å². The van der Waals surface area contributed by atoms with Crippen molar-refractivity contribution >= 4 is 22.4 Å². The third-order valence-corrected chi connectivity index (χ3v) is 4.17. The topological polar surface area (TPSA) is 68.0 Å². The van der Waals surface area contributed by atoms with Gasteiger partial charge in [0.25, 0.3) is 0 Å². The molecule has 126 valence electrons. The number of nitrogens with one attached hydrogen (secondary N) is 1. The van der Waals surface area contributed by atoms with E-state index in [2.05, 4.69) is 39.3 Å². The molecule has 0 aliphatic rings. The summed E-state index contributed by atoms with van der Waals surface area (Å²) in [6, 6.07) is 10.1. The Labute approximate surface area is 143 Å². The number of nitrogens with zero attached hydrogens (tertiary/aromatic N) is 5. The molecule has 3 heterocycles. The van der Waals surface area contributed by atoms with Crippen molar-refractivity contribution in [3.8, 4) is 0 Å². The summed E-state index contributed by atoms with van der Waals surface area (Å²) < 4.78 is 15.6. The lowest BCUT2D eigenvalue weighted by Gasteiger charge is -2.22. The number of rotatable bonds is 4. The van der Waals surface area contributed by atoms with E-state index in [0.717, 1.165) is 11.5 Å². The average Bonchev–Trinajstić information content (AvgIpc) is 3.03. The number of hydrogen-bond donors (Lipinski definition) is 1. The summed E-state index contributed by atoms with van der Waals surface area (Å²) in [7, 11) is 0. The third-order valence-electron chi connectivity index (χ3n) is 4.17. The van der Waals surface area contributed by atoms with Crippen LogP contribution in [-0.2, 0) is 0 Å². The second-order valence-electron chi connectivity index (χ2n) is 6.24. The van der Waals surface area contributed by atoms with Crippen LogP contribution in [0.5, 0.6) is 0 Å². The van der Waals surface area contributed by atoms with Crippen molar-refractivity contribution in [2.24, 2.45) is 5.92 Å². The van der Waals surface area contributed by atoms with E-state index < -0.39 is 0 Å². The van der Waals surface area contributed by atoms with E-state index >= 15 is 0 Å². The first-order chi connectivity index (χ1) is 12.1. The maximum absolute atomic E-state index is 13.7. The summed E-state index contributed by atoms with van der Waals surface area (Å²) in [5, 5.41) is 12.6. The fraction of sp³-hybridized carbons (Fsp3) is 0.222. The third kappa shape index (κ3) is 2.77. The van der Waals surface area contributed by atoms with Crippen LogP contribution in [-0.4, -0.2) is 24.6 Å². The molecule has 4 rings (SSSR count). The van der Waals surface area contributed by atoms with Crippen molar-refractivity contribution in [2.45, 2.75) is 19.9 Å². The first kappa shape index (κ1) is 15.4. The number of hydrogen-bond acceptors (Lipinski definition) is 5. The summed E-state index contributed by atoms with van der Waals surface area (Å²) in [5.41, 5.74) is 1.47. The van der Waals surface area contributed by atoms with Crippen LogP contribution in [0, 0.1) is 11.7 Å². The highest BCUT2D eigenvalue weighted by molar-refractivity contribution is 5.88. The van der Waals surface area contributed by atoms with E-state index in [4.69, 9.17) is 0 Å². The van der Waals surface area contributed by atoms with Gasteiger partial charge in [-0.15, -0.1) is 10.2 Å². The zero-order valence-electron chi connectivity index (χ0n) is 13.9. The zero-order valence-corrected chi connectivity index (χ0v) is 13.9. The van der Waals surface area contributed by atoms with Crippen LogP contribution in [0.2, 0.25) is 0 Å². The van der Waals surface area contributed by atoms with Crippen LogP contribution in [0.1, 0.15) is 25.7 Å². The van der Waals surface area contributed by atoms with Crippen molar-refractivity contribution < 1.29 is 4.39 Å². The minimum Gasteiger partial charge on any atom is -0.359 e. The minimum absolute atomic E-state index is 0.140. The van der Waals surface area contributed by atoms with Crippen LogP contribution < -0.4 is 5.32 Å². The summed E-state index contributed by atoms with van der Waals surface area (Å²) in [5.74, 6) is 1.26. The summed E-state index contributed by atoms with van der Waals surface area (Å²) in [6.45, 7) is 4.18. The largest absolute Gasteiger partial charge is 0.359 e. The number of aromatic nitrogens is 5. The SMILES string of the molecule is CC(C)C(Nc1ncnc2ccc(F)cc12)c1nnc2ccccn12. The Hall–Kier alpha value is -3.09. The maximum atomic E-state index is 13.7. The van der Waals surface area contributed by atoms with Crippen LogP contribution in [0.3, 0.4) is 0 Å². The van der Waals surface area contributed by atoms with Crippen LogP contribution >= 0.6 is 0 Å². The Bertz CT molecular complexity index is 1040. The van der Waals surface area contributed by atoms with Crippen LogP contribution in [0.4, 0.5) is 10.2 Å². The van der Waals surface area contributed by atoms with Crippen molar-refractivity contribution in [1.29, 1.82) is 0 Å². The number of pyridine rings is 1. The molecule has 1 atom stereocenters. The van der Waals surface area contributed by atoms with Gasteiger partial charge in [-0.25, -0.2) is 14.4 Å². The summed E-state index contributed by atoms with van der Waals surface area (Å²) >= 11 is 0. The van der Waals surface area contributed by atoms with Gasteiger partial charge in [0.1, 0.15) is 18.0 Å². The van der Waals surface area contributed by atoms with Gasteiger partial charge in [0.2, 0.25) is 0 Å². The van der Waals surface area contributed by atoms with E-state index in [1.165, 1.54) is 18.5 Å². The smallest absolute Gasteiger partial charge is 0.160 e. The zero-order chi connectivity index (χ0) is 17.4. The molecule has 0 saturated heterocycles. The van der Waals surface area contributed by atoms with E-state index in [1.807, 2.05) is 28.8 Å². The molecule has 4 aromatic rings. The molecule has 3 aromatic heterocycles. The molecular formula is C18H17FN6. The summed E-state index contributed by atoms with van der Waals surface area (Å²) in [6.07, 6.45) is 3.40. The fourth-order valence-corrected chi connectivity index (χ4v) is 2.89. The monoisotopic (exact) mass is 336 g/mol. The number of anilines is 1. The molecule has 0 spiro atoms. The standard InChI is InChI=1S/C18H17FN6/c1-11(2)16(18-24-23-15-5-3-4-8-25(15)18)22-17-13-9-12(19)6-7-14(13)20-10-21-17/h3-11,16H,1-2H3,(H,20,21,22). The highest BCUT2D eigenvalue weighted by atomic mass is 19.1. The van der Waals surface area contributed by atoms with E-state index in [-0.39, 0.29) is 17.8 Å². The lowest BCUT2D eigenvalue weighted by molar-refractivity contribution is 0.516. The Morgan fingerprint density at radius 1 is 1.08 bits per heavy atom. The first-order valence-electron chi connectivity index (χ1n) is 8.10. The molecule has 7 heteroatoms. The molecule has 0 aliphatic heterocycles. The maximum Gasteiger partial charge on any atom is 0.160 e. The lowest BCUT2D eigenvalue weighted by Crippen LogP contribution is -2.20. The van der Waals surface area contributed by atoms with E-state index in [1.54, 1.807) is 6.07 Å². The predicted octanol–water partition coefficient (Wildman–Crippen LogP) is 3.62. The van der Waals surface area contributed by atoms with Crippen molar-refractivity contribution in [2.75, 3.05) is 5.32 Å². The molecule has 1 unspecified atom stereocenters. The Balaban J connectivity index is 1.80. The molecule has 0 fully saturated rings. The normalized spacial score (nSPS) is 12.8. The van der Waals surface area contributed by atoms with Gasteiger partial charge >= 0.3 is 0 Å². The Morgan fingerprint density at radius 3 is 2.80 bits per heavy atom. The molecule has 1 aromatic carbocycles. The van der Waals surface area contributed by atoms with Gasteiger partial charge in [-0.3, -0.25) is 4.40 Å². The molecule has 1 N–H and O–H groups in total. The van der Waals surface area contributed by atoms with Crippen molar-refractivity contribution in [1.82, 2.24) is 24.6 Å². The number of fused-ring (bicyclic) bond motifs is 2. The van der Waals surface area contributed by atoms with Gasteiger partial charge in [-0.2, -0.15) is 0 Å². The van der Waals surface area contributed by atoms with Crippen LogP contribution in [0.25, 0.3) is 16.6 Å². The molecule has 0 saturated carbocycles. The second-order valence-corrected chi connectivity index (χ2v) is 6.24. The molecule has 0 aliphatic carbocycles. The molecule has 25 heavy (non-hydrogen) atoms. The highest BCUT2D eigenvalue weighted by Gasteiger charge is 2.23. The molecule has 0 radical (unpaired) electrons. The highest BCUT2D eigenvalue weighted by Crippen LogP contribution is 2.28. The van der Waals surface area contributed by atoms with Gasteiger partial charge in [0.15, 0.2) is 11.5 Å². The van der Waals surface area contributed by atoms with E-state index in [9.17, 15) is 4.39 Å². The fourth-order valence-electron chi connectivity index (χ4n) is 2.89. The molecule has 0 amide bonds. The van der Waals surface area contributed by atoms with Gasteiger partial charge < -0.3 is 5.32 Å². The average molecular weight is 336 g/mol. The first-order valence-corrected chi connectivity index (χ1v) is 8.10. The molecule has 0 bridgehead atoms. The quantitative estimate of drug-likeness (QED) is 0.616. The summed E-state index contributed by atoms with van der Waals surface area (Å²) in [4.78, 5) is 8.51. The molecular weight excluding hydrogens is 319 g/mol. The van der Waals surface area contributed by atoms with Gasteiger partial charge in [0, 0.05) is 11.6 Å². The number of benzene rings is 1. The molecule has 6 nitrogen and oxygen atoms in total. The number of halogens is 1. The van der Waals surface area contributed by atoms with Gasteiger partial charge in [-0.05, 0) is 36.2 Å². The van der Waals surface area contributed by atoms with Gasteiger partial charge in [-0.1, -0.05) is 19.9 Å². The minimum atomic E-state index is -0.320. The van der Waals surface area contributed by atoms with Crippen molar-refractivity contribution in [3.63, 3.8) is 0 Å². The predicted molar refractivity (Wildman–Crippen MR) is 93.7 cm³/mol. The van der Waals surface area contributed by atoms with Crippen molar-refractivity contribution in [3.05, 3.63) is 60.6 Å². The second kappa shape index (κ2) is 6.08. The Morgan fingerprint density at radius 2 is 1.96 bits per heavy atom.